The first-order valence-electron chi connectivity index (χ1n) is 7.40. The van der Waals surface area contributed by atoms with Crippen molar-refractivity contribution in [3.63, 3.8) is 0 Å². The minimum atomic E-state index is -0.191. The molecule has 2 aromatic rings. The second-order valence-electron chi connectivity index (χ2n) is 5.32. The van der Waals surface area contributed by atoms with E-state index in [0.29, 0.717) is 11.7 Å². The van der Waals surface area contributed by atoms with Gasteiger partial charge >= 0.3 is 0 Å². The number of rotatable bonds is 4. The van der Waals surface area contributed by atoms with Crippen LogP contribution in [0.4, 0.5) is 15.9 Å². The van der Waals surface area contributed by atoms with Crippen LogP contribution in [-0.2, 0) is 0 Å². The lowest BCUT2D eigenvalue weighted by Gasteiger charge is -2.33. The fourth-order valence-electron chi connectivity index (χ4n) is 2.64. The molecule has 1 aromatic carbocycles. The molecule has 22 heavy (non-hydrogen) atoms. The molecule has 0 amide bonds. The molecule has 0 spiro atoms. The number of hydrogen-bond acceptors (Lipinski definition) is 5. The number of aromatic nitrogens is 2. The number of para-hydroxylation sites is 1. The zero-order chi connectivity index (χ0) is 15.4. The normalized spacial score (nSPS) is 15.8. The van der Waals surface area contributed by atoms with Gasteiger partial charge in [-0.2, -0.15) is 0 Å². The van der Waals surface area contributed by atoms with E-state index in [1.165, 1.54) is 6.07 Å². The van der Waals surface area contributed by atoms with Gasteiger partial charge in [0.15, 0.2) is 5.82 Å². The van der Waals surface area contributed by atoms with E-state index in [1.807, 2.05) is 24.5 Å². The molecule has 0 unspecified atom stereocenters. The van der Waals surface area contributed by atoms with Crippen molar-refractivity contribution in [2.75, 3.05) is 29.6 Å². The van der Waals surface area contributed by atoms with Gasteiger partial charge in [-0.15, -0.1) is 22.0 Å². The predicted molar refractivity (Wildman–Crippen MR) is 89.1 cm³/mol. The van der Waals surface area contributed by atoms with Crippen LogP contribution in [0.3, 0.4) is 0 Å². The number of halogens is 1. The Labute approximate surface area is 134 Å². The molecule has 4 nitrogen and oxygen atoms in total. The standard InChI is InChI=1S/C16H19FN4S/c1-22-16-7-6-15(19-20-16)21-10-8-12(9-11-21)18-14-5-3-2-4-13(14)17/h2-7,12,18H,8-11H2,1H3. The van der Waals surface area contributed by atoms with Crippen LogP contribution in [0.2, 0.25) is 0 Å². The second-order valence-corrected chi connectivity index (χ2v) is 6.15. The monoisotopic (exact) mass is 318 g/mol. The smallest absolute Gasteiger partial charge is 0.151 e. The van der Waals surface area contributed by atoms with E-state index in [4.69, 9.17) is 0 Å². The van der Waals surface area contributed by atoms with Crippen molar-refractivity contribution in [1.29, 1.82) is 0 Å². The van der Waals surface area contributed by atoms with E-state index in [0.717, 1.165) is 36.8 Å². The number of nitrogens with zero attached hydrogens (tertiary/aromatic N) is 3. The van der Waals surface area contributed by atoms with Gasteiger partial charge in [0, 0.05) is 19.1 Å². The van der Waals surface area contributed by atoms with Crippen LogP contribution < -0.4 is 10.2 Å². The largest absolute Gasteiger partial charge is 0.380 e. The summed E-state index contributed by atoms with van der Waals surface area (Å²) in [5, 5.41) is 12.7. The topological polar surface area (TPSA) is 41.0 Å². The molecule has 0 aliphatic carbocycles. The Hall–Kier alpha value is -1.82. The minimum absolute atomic E-state index is 0.191. The van der Waals surface area contributed by atoms with Gasteiger partial charge in [-0.3, -0.25) is 0 Å². The summed E-state index contributed by atoms with van der Waals surface area (Å²) < 4.78 is 13.7. The SMILES string of the molecule is CSc1ccc(N2CCC(Nc3ccccc3F)CC2)nn1. The summed E-state index contributed by atoms with van der Waals surface area (Å²) >= 11 is 1.59. The van der Waals surface area contributed by atoms with Crippen molar-refractivity contribution in [2.45, 2.75) is 23.9 Å². The molecule has 3 rings (SSSR count). The van der Waals surface area contributed by atoms with Gasteiger partial charge in [-0.05, 0) is 43.4 Å². The van der Waals surface area contributed by atoms with E-state index >= 15 is 0 Å². The van der Waals surface area contributed by atoms with Crippen molar-refractivity contribution in [3.8, 4) is 0 Å². The molecule has 0 radical (unpaired) electrons. The van der Waals surface area contributed by atoms with Gasteiger partial charge in [-0.1, -0.05) is 12.1 Å². The number of anilines is 2. The van der Waals surface area contributed by atoms with Crippen LogP contribution >= 0.6 is 11.8 Å². The predicted octanol–water partition coefficient (Wildman–Crippen LogP) is 3.42. The summed E-state index contributed by atoms with van der Waals surface area (Å²) in [6.07, 6.45) is 3.91. The maximum atomic E-state index is 13.7. The van der Waals surface area contributed by atoms with Crippen molar-refractivity contribution >= 4 is 23.3 Å². The Kier molecular flexibility index (Phi) is 4.77. The van der Waals surface area contributed by atoms with Crippen LogP contribution in [-0.4, -0.2) is 35.6 Å². The Balaban J connectivity index is 1.57. The van der Waals surface area contributed by atoms with Gasteiger partial charge in [0.2, 0.25) is 0 Å². The number of hydrogen-bond donors (Lipinski definition) is 1. The van der Waals surface area contributed by atoms with Crippen LogP contribution in [0, 0.1) is 5.82 Å². The van der Waals surface area contributed by atoms with E-state index in [1.54, 1.807) is 23.9 Å². The lowest BCUT2D eigenvalue weighted by Crippen LogP contribution is -2.39. The third-order valence-electron chi connectivity index (χ3n) is 3.89. The Morgan fingerprint density at radius 1 is 1.14 bits per heavy atom. The fourth-order valence-corrected chi connectivity index (χ4v) is 2.97. The van der Waals surface area contributed by atoms with Crippen molar-refractivity contribution in [2.24, 2.45) is 0 Å². The zero-order valence-corrected chi connectivity index (χ0v) is 13.3. The summed E-state index contributed by atoms with van der Waals surface area (Å²) in [6, 6.07) is 11.1. The molecule has 0 bridgehead atoms. The average molecular weight is 318 g/mol. The highest BCUT2D eigenvalue weighted by atomic mass is 32.2. The first kappa shape index (κ1) is 15.1. The molecule has 2 heterocycles. The Morgan fingerprint density at radius 2 is 1.91 bits per heavy atom. The van der Waals surface area contributed by atoms with Crippen LogP contribution in [0.5, 0.6) is 0 Å². The maximum absolute atomic E-state index is 13.7. The lowest BCUT2D eigenvalue weighted by atomic mass is 10.0. The molecular formula is C16H19FN4S. The fraction of sp³-hybridized carbons (Fsp3) is 0.375. The van der Waals surface area contributed by atoms with E-state index in [2.05, 4.69) is 20.4 Å². The highest BCUT2D eigenvalue weighted by Gasteiger charge is 2.21. The molecule has 1 aliphatic rings. The third-order valence-corrected chi connectivity index (χ3v) is 4.52. The summed E-state index contributed by atoms with van der Waals surface area (Å²) in [4.78, 5) is 2.23. The van der Waals surface area contributed by atoms with Crippen molar-refractivity contribution < 1.29 is 4.39 Å². The quantitative estimate of drug-likeness (QED) is 0.875. The highest BCUT2D eigenvalue weighted by Crippen LogP contribution is 2.22. The molecule has 0 atom stereocenters. The number of benzene rings is 1. The Morgan fingerprint density at radius 3 is 2.55 bits per heavy atom. The summed E-state index contributed by atoms with van der Waals surface area (Å²) in [5.41, 5.74) is 0.588. The average Bonchev–Trinajstić information content (AvgIpc) is 2.58. The van der Waals surface area contributed by atoms with Crippen molar-refractivity contribution in [3.05, 3.63) is 42.2 Å². The Bertz CT molecular complexity index is 612. The molecular weight excluding hydrogens is 299 g/mol. The number of nitrogens with one attached hydrogen (secondary N) is 1. The second kappa shape index (κ2) is 6.96. The summed E-state index contributed by atoms with van der Waals surface area (Å²) in [5.74, 6) is 0.727. The molecule has 6 heteroatoms. The molecule has 0 saturated carbocycles. The molecule has 1 aliphatic heterocycles. The van der Waals surface area contributed by atoms with Crippen LogP contribution in [0.1, 0.15) is 12.8 Å². The zero-order valence-electron chi connectivity index (χ0n) is 12.5. The maximum Gasteiger partial charge on any atom is 0.151 e. The van der Waals surface area contributed by atoms with Gasteiger partial charge in [0.25, 0.3) is 0 Å². The molecule has 1 aromatic heterocycles. The summed E-state index contributed by atoms with van der Waals surface area (Å²) in [7, 11) is 0. The van der Waals surface area contributed by atoms with Gasteiger partial charge in [-0.25, -0.2) is 4.39 Å². The number of thioether (sulfide) groups is 1. The molecule has 1 saturated heterocycles. The van der Waals surface area contributed by atoms with Gasteiger partial charge in [0.05, 0.1) is 5.69 Å². The third kappa shape index (κ3) is 3.50. The van der Waals surface area contributed by atoms with Crippen LogP contribution in [0.15, 0.2) is 41.4 Å². The molecule has 116 valence electrons. The first-order chi connectivity index (χ1) is 10.8. The highest BCUT2D eigenvalue weighted by molar-refractivity contribution is 7.98. The number of piperidine rings is 1. The van der Waals surface area contributed by atoms with Gasteiger partial charge < -0.3 is 10.2 Å². The van der Waals surface area contributed by atoms with E-state index < -0.39 is 0 Å². The van der Waals surface area contributed by atoms with Crippen molar-refractivity contribution in [1.82, 2.24) is 10.2 Å². The van der Waals surface area contributed by atoms with E-state index in [-0.39, 0.29) is 5.82 Å². The first-order valence-corrected chi connectivity index (χ1v) is 8.62. The van der Waals surface area contributed by atoms with Gasteiger partial charge in [0.1, 0.15) is 10.8 Å². The minimum Gasteiger partial charge on any atom is -0.380 e. The van der Waals surface area contributed by atoms with Crippen LogP contribution in [0.25, 0.3) is 0 Å². The molecule has 1 N–H and O–H groups in total. The lowest BCUT2D eigenvalue weighted by molar-refractivity contribution is 0.517. The van der Waals surface area contributed by atoms with E-state index in [9.17, 15) is 4.39 Å². The summed E-state index contributed by atoms with van der Waals surface area (Å²) in [6.45, 7) is 1.80. The molecule has 1 fully saturated rings.